The first kappa shape index (κ1) is 22.0. The van der Waals surface area contributed by atoms with Gasteiger partial charge in [0.25, 0.3) is 11.5 Å². The van der Waals surface area contributed by atoms with Gasteiger partial charge in [-0.15, -0.1) is 10.2 Å². The molecule has 1 aromatic heterocycles. The van der Waals surface area contributed by atoms with Crippen LogP contribution in [0.5, 0.6) is 5.75 Å². The van der Waals surface area contributed by atoms with E-state index in [9.17, 15) is 20.1 Å². The molecule has 0 spiro atoms. The molecule has 0 radical (unpaired) electrons. The minimum Gasteiger partial charge on any atom is -0.497 e. The van der Waals surface area contributed by atoms with E-state index < -0.39 is 30.5 Å². The molecule has 156 valence electrons. The Hall–Kier alpha value is -3.32. The molecular weight excluding hydrogens is 384 g/mol. The first-order valence-electron chi connectivity index (χ1n) is 8.38. The highest BCUT2D eigenvalue weighted by molar-refractivity contribution is 5.68. The van der Waals surface area contributed by atoms with E-state index in [1.54, 1.807) is 37.5 Å². The maximum atomic E-state index is 12.3. The fourth-order valence-corrected chi connectivity index (χ4v) is 2.08. The monoisotopic (exact) mass is 406 g/mol. The fourth-order valence-electron chi connectivity index (χ4n) is 2.08. The number of aromatic nitrogens is 3. The van der Waals surface area contributed by atoms with E-state index >= 15 is 0 Å². The highest BCUT2D eigenvalue weighted by Crippen LogP contribution is 2.13. The number of hydrogen-bond donors (Lipinski definition) is 6. The molecule has 0 bridgehead atoms. The number of aliphatic hydroxyl groups is 4. The smallest absolute Gasteiger partial charge is 0.299 e. The number of hydrogen-bond acceptors (Lipinski definition) is 11. The molecule has 0 saturated heterocycles. The van der Waals surface area contributed by atoms with Gasteiger partial charge >= 0.3 is 0 Å². The highest BCUT2D eigenvalue weighted by atomic mass is 16.5. The molecule has 0 aliphatic carbocycles. The van der Waals surface area contributed by atoms with Crippen molar-refractivity contribution in [3.8, 4) is 5.75 Å². The number of rotatable bonds is 9. The first-order valence-corrected chi connectivity index (χ1v) is 8.38. The van der Waals surface area contributed by atoms with Crippen LogP contribution in [0.15, 0.2) is 34.2 Å². The van der Waals surface area contributed by atoms with Gasteiger partial charge in [-0.05, 0) is 23.8 Å². The number of nitrogen functional groups attached to an aromatic ring is 1. The number of nitrogens with one attached hydrogen (secondary N) is 1. The highest BCUT2D eigenvalue weighted by Gasteiger charge is 2.22. The van der Waals surface area contributed by atoms with Gasteiger partial charge in [0, 0.05) is 0 Å². The third-order valence-corrected chi connectivity index (χ3v) is 3.79. The van der Waals surface area contributed by atoms with Crippen LogP contribution in [0.3, 0.4) is 0 Å². The minimum atomic E-state index is -1.65. The average Bonchev–Trinajstić information content (AvgIpc) is 2.75. The summed E-state index contributed by atoms with van der Waals surface area (Å²) in [6.07, 6.45) is -0.831. The number of nitrogens with zero attached hydrogens (tertiary/aromatic N) is 4. The van der Waals surface area contributed by atoms with Crippen LogP contribution in [0.25, 0.3) is 12.2 Å². The largest absolute Gasteiger partial charge is 0.497 e. The van der Waals surface area contributed by atoms with E-state index in [4.69, 9.17) is 15.7 Å². The van der Waals surface area contributed by atoms with Gasteiger partial charge in [-0.3, -0.25) is 4.79 Å². The van der Waals surface area contributed by atoms with Crippen LogP contribution in [0.4, 0.5) is 5.95 Å². The fraction of sp³-hybridized carbons (Fsp3) is 0.294. The van der Waals surface area contributed by atoms with E-state index in [-0.39, 0.29) is 11.6 Å². The van der Waals surface area contributed by atoms with Crippen molar-refractivity contribution in [1.29, 1.82) is 0 Å². The molecule has 1 heterocycles. The van der Waals surface area contributed by atoms with Crippen molar-refractivity contribution in [3.63, 3.8) is 0 Å². The van der Waals surface area contributed by atoms with Crippen LogP contribution in [-0.2, 0) is 0 Å². The van der Waals surface area contributed by atoms with E-state index in [1.165, 1.54) is 6.08 Å². The lowest BCUT2D eigenvalue weighted by Crippen LogP contribution is -2.40. The average molecular weight is 406 g/mol. The van der Waals surface area contributed by atoms with Gasteiger partial charge in [0.05, 0.1) is 19.9 Å². The third-order valence-electron chi connectivity index (χ3n) is 3.79. The molecule has 3 atom stereocenters. The predicted octanol–water partition coefficient (Wildman–Crippen LogP) is -2.00. The summed E-state index contributed by atoms with van der Waals surface area (Å²) in [5.41, 5.74) is 2.43. The number of hydrazone groups is 1. The van der Waals surface area contributed by atoms with Crippen molar-refractivity contribution < 1.29 is 25.2 Å². The first-order chi connectivity index (χ1) is 13.9. The SMILES string of the molecule is COc1ccc(/C=C/c2nnc(N/N=C/[C@H](O)[C@@H](O)[C@H](O)CO)n(N)c2=O)cc1. The summed E-state index contributed by atoms with van der Waals surface area (Å²) in [6, 6.07) is 7.12. The molecule has 0 aliphatic rings. The molecule has 2 aromatic rings. The molecule has 0 saturated carbocycles. The molecular formula is C17H22N6O6. The van der Waals surface area contributed by atoms with Crippen molar-refractivity contribution >= 4 is 24.3 Å². The number of benzene rings is 1. The standard InChI is InChI=1S/C17H22N6O6/c1-29-11-5-2-10(3-6-11)4-7-12-16(28)23(18)17(22-20-12)21-19-8-13(25)15(27)14(26)9-24/h2-8,13-15,24-27H,9,18H2,1H3,(H,21,22)/b7-4+,19-8+/t13-,14+,15+/m0/s1. The second-order valence-electron chi connectivity index (χ2n) is 5.81. The molecule has 0 unspecified atom stereocenters. The summed E-state index contributed by atoms with van der Waals surface area (Å²) in [6.45, 7) is -0.737. The van der Waals surface area contributed by atoms with Gasteiger partial charge in [-0.25, -0.2) is 5.43 Å². The summed E-state index contributed by atoms with van der Waals surface area (Å²) in [5.74, 6) is 6.14. The second kappa shape index (κ2) is 10.3. The number of anilines is 1. The normalized spacial score (nSPS) is 14.8. The Morgan fingerprint density at radius 1 is 1.24 bits per heavy atom. The lowest BCUT2D eigenvalue weighted by atomic mass is 10.1. The number of aliphatic hydroxyl groups excluding tert-OH is 4. The predicted molar refractivity (Wildman–Crippen MR) is 106 cm³/mol. The Bertz CT molecular complexity index is 914. The zero-order valence-corrected chi connectivity index (χ0v) is 15.5. The Morgan fingerprint density at radius 2 is 1.93 bits per heavy atom. The lowest BCUT2D eigenvalue weighted by molar-refractivity contribution is -0.0541. The summed E-state index contributed by atoms with van der Waals surface area (Å²) >= 11 is 0. The Kier molecular flexibility index (Phi) is 7.79. The molecule has 29 heavy (non-hydrogen) atoms. The molecule has 0 aliphatic heterocycles. The van der Waals surface area contributed by atoms with Crippen LogP contribution in [0.2, 0.25) is 0 Å². The van der Waals surface area contributed by atoms with Crippen LogP contribution >= 0.6 is 0 Å². The molecule has 12 nitrogen and oxygen atoms in total. The molecule has 2 rings (SSSR count). The van der Waals surface area contributed by atoms with Crippen LogP contribution in [0.1, 0.15) is 11.3 Å². The van der Waals surface area contributed by atoms with E-state index in [2.05, 4.69) is 20.7 Å². The Labute approximate surface area is 165 Å². The third kappa shape index (κ3) is 5.83. The van der Waals surface area contributed by atoms with Crippen LogP contribution in [-0.4, -0.2) is 73.5 Å². The zero-order chi connectivity index (χ0) is 21.4. The topological polar surface area (TPSA) is 188 Å². The van der Waals surface area contributed by atoms with Gasteiger partial charge in [-0.2, -0.15) is 9.78 Å². The second-order valence-corrected chi connectivity index (χ2v) is 5.81. The Morgan fingerprint density at radius 3 is 2.55 bits per heavy atom. The van der Waals surface area contributed by atoms with E-state index in [1.807, 2.05) is 0 Å². The zero-order valence-electron chi connectivity index (χ0n) is 15.5. The Balaban J connectivity index is 2.07. The van der Waals surface area contributed by atoms with Crippen molar-refractivity contribution in [3.05, 3.63) is 45.9 Å². The molecule has 0 fully saturated rings. The number of nitrogens with two attached hydrogens (primary N) is 1. The molecule has 12 heteroatoms. The van der Waals surface area contributed by atoms with Crippen molar-refractivity contribution in [1.82, 2.24) is 14.9 Å². The van der Waals surface area contributed by atoms with Crippen LogP contribution < -0.4 is 21.6 Å². The van der Waals surface area contributed by atoms with Gasteiger partial charge < -0.3 is 31.0 Å². The summed E-state index contributed by atoms with van der Waals surface area (Å²) in [5, 5.41) is 48.1. The van der Waals surface area contributed by atoms with Crippen molar-refractivity contribution in [2.45, 2.75) is 18.3 Å². The van der Waals surface area contributed by atoms with Gasteiger partial charge in [0.1, 0.15) is 24.1 Å². The summed E-state index contributed by atoms with van der Waals surface area (Å²) < 4.78 is 5.74. The maximum Gasteiger partial charge on any atom is 0.299 e. The molecule has 0 amide bonds. The van der Waals surface area contributed by atoms with Crippen molar-refractivity contribution in [2.24, 2.45) is 5.10 Å². The van der Waals surface area contributed by atoms with Crippen molar-refractivity contribution in [2.75, 3.05) is 25.0 Å². The van der Waals surface area contributed by atoms with Gasteiger partial charge in [-0.1, -0.05) is 18.2 Å². The number of methoxy groups -OCH3 is 1. The molecule has 1 aromatic carbocycles. The number of ether oxygens (including phenoxy) is 1. The van der Waals surface area contributed by atoms with E-state index in [0.717, 1.165) is 11.8 Å². The maximum absolute atomic E-state index is 12.3. The van der Waals surface area contributed by atoms with Crippen LogP contribution in [0, 0.1) is 0 Å². The quantitative estimate of drug-likeness (QED) is 0.154. The lowest BCUT2D eigenvalue weighted by Gasteiger charge is -2.18. The minimum absolute atomic E-state index is 0.0145. The van der Waals surface area contributed by atoms with Gasteiger partial charge in [0.15, 0.2) is 5.69 Å². The summed E-state index contributed by atoms with van der Waals surface area (Å²) in [4.78, 5) is 12.3. The van der Waals surface area contributed by atoms with E-state index in [0.29, 0.717) is 10.4 Å². The molecule has 7 N–H and O–H groups in total. The summed E-state index contributed by atoms with van der Waals surface area (Å²) in [7, 11) is 1.56. The van der Waals surface area contributed by atoms with Gasteiger partial charge in [0.2, 0.25) is 0 Å².